The van der Waals surface area contributed by atoms with E-state index in [0.29, 0.717) is 18.5 Å². The molecule has 2 N–H and O–H groups in total. The number of amides is 1. The van der Waals surface area contributed by atoms with Gasteiger partial charge in [0, 0.05) is 12.7 Å². The van der Waals surface area contributed by atoms with Crippen molar-refractivity contribution in [1.29, 1.82) is 0 Å². The molecule has 2 rings (SSSR count). The highest BCUT2D eigenvalue weighted by molar-refractivity contribution is 5.93. The van der Waals surface area contributed by atoms with Gasteiger partial charge in [-0.3, -0.25) is 9.59 Å². The van der Waals surface area contributed by atoms with Crippen LogP contribution in [0.5, 0.6) is 0 Å². The molecule has 0 radical (unpaired) electrons. The Hall–Kier alpha value is -2.89. The lowest BCUT2D eigenvalue weighted by atomic mass is 10.1. The van der Waals surface area contributed by atoms with Crippen LogP contribution in [0.15, 0.2) is 47.4 Å². The smallest absolute Gasteiger partial charge is 0.337 e. The molecule has 0 bridgehead atoms. The molecular weight excluding hydrogens is 284 g/mol. The zero-order chi connectivity index (χ0) is 15.9. The minimum absolute atomic E-state index is 0.0866. The fourth-order valence-corrected chi connectivity index (χ4v) is 1.94. The molecule has 0 aliphatic carbocycles. The Kier molecular flexibility index (Phi) is 5.08. The Balaban J connectivity index is 1.89. The van der Waals surface area contributed by atoms with Crippen molar-refractivity contribution < 1.29 is 14.3 Å². The molecule has 0 unspecified atom stereocenters. The summed E-state index contributed by atoms with van der Waals surface area (Å²) in [6.07, 6.45) is 2.07. The summed E-state index contributed by atoms with van der Waals surface area (Å²) >= 11 is 0. The van der Waals surface area contributed by atoms with E-state index < -0.39 is 11.5 Å². The Labute approximate surface area is 127 Å². The lowest BCUT2D eigenvalue weighted by molar-refractivity contribution is 0.0600. The van der Waals surface area contributed by atoms with Gasteiger partial charge < -0.3 is 15.0 Å². The highest BCUT2D eigenvalue weighted by Gasteiger charge is 2.09. The first-order valence-electron chi connectivity index (χ1n) is 6.75. The molecule has 0 saturated carbocycles. The maximum atomic E-state index is 11.8. The van der Waals surface area contributed by atoms with Crippen molar-refractivity contribution in [2.75, 3.05) is 13.7 Å². The van der Waals surface area contributed by atoms with Gasteiger partial charge in [-0.15, -0.1) is 0 Å². The SMILES string of the molecule is COC(=O)c1ccc(CCNC(=O)c2ccc[nH]c2=O)cc1. The van der Waals surface area contributed by atoms with Gasteiger partial charge in [-0.05, 0) is 36.2 Å². The summed E-state index contributed by atoms with van der Waals surface area (Å²) < 4.78 is 4.62. The summed E-state index contributed by atoms with van der Waals surface area (Å²) in [7, 11) is 1.33. The van der Waals surface area contributed by atoms with Crippen molar-refractivity contribution in [3.05, 3.63) is 69.6 Å². The second kappa shape index (κ2) is 7.21. The standard InChI is InChI=1S/C16H16N2O4/c1-22-16(21)12-6-4-11(5-7-12)8-10-18-15(20)13-3-2-9-17-14(13)19/h2-7,9H,8,10H2,1H3,(H,17,19)(H,18,20). The van der Waals surface area contributed by atoms with E-state index in [0.717, 1.165) is 5.56 Å². The number of rotatable bonds is 5. The van der Waals surface area contributed by atoms with Gasteiger partial charge in [-0.1, -0.05) is 12.1 Å². The number of carbonyl (C=O) groups excluding carboxylic acids is 2. The Morgan fingerprint density at radius 1 is 1.18 bits per heavy atom. The van der Waals surface area contributed by atoms with Crippen molar-refractivity contribution in [1.82, 2.24) is 10.3 Å². The van der Waals surface area contributed by atoms with Gasteiger partial charge in [0.25, 0.3) is 11.5 Å². The minimum atomic E-state index is -0.414. The summed E-state index contributed by atoms with van der Waals surface area (Å²) in [5.74, 6) is -0.795. The normalized spacial score (nSPS) is 10.0. The number of esters is 1. The van der Waals surface area contributed by atoms with Crippen LogP contribution in [0.4, 0.5) is 0 Å². The number of aromatic amines is 1. The van der Waals surface area contributed by atoms with Gasteiger partial charge in [-0.2, -0.15) is 0 Å². The monoisotopic (exact) mass is 300 g/mol. The molecule has 0 fully saturated rings. The van der Waals surface area contributed by atoms with Crippen LogP contribution < -0.4 is 10.9 Å². The number of benzene rings is 1. The van der Waals surface area contributed by atoms with E-state index in [2.05, 4.69) is 15.0 Å². The third-order valence-corrected chi connectivity index (χ3v) is 3.14. The van der Waals surface area contributed by atoms with E-state index >= 15 is 0 Å². The van der Waals surface area contributed by atoms with Crippen LogP contribution in [-0.4, -0.2) is 30.5 Å². The first kappa shape index (κ1) is 15.5. The van der Waals surface area contributed by atoms with Crippen molar-refractivity contribution >= 4 is 11.9 Å². The number of hydrogen-bond acceptors (Lipinski definition) is 4. The van der Waals surface area contributed by atoms with Gasteiger partial charge in [0.05, 0.1) is 12.7 Å². The van der Waals surface area contributed by atoms with Crippen LogP contribution >= 0.6 is 0 Å². The summed E-state index contributed by atoms with van der Waals surface area (Å²) in [6.45, 7) is 0.394. The van der Waals surface area contributed by atoms with E-state index in [4.69, 9.17) is 0 Å². The van der Waals surface area contributed by atoms with E-state index in [-0.39, 0.29) is 11.5 Å². The summed E-state index contributed by atoms with van der Waals surface area (Å²) in [5.41, 5.74) is 1.12. The maximum Gasteiger partial charge on any atom is 0.337 e. The molecule has 22 heavy (non-hydrogen) atoms. The zero-order valence-corrected chi connectivity index (χ0v) is 12.1. The number of hydrogen-bond donors (Lipinski definition) is 2. The predicted molar refractivity (Wildman–Crippen MR) is 80.9 cm³/mol. The molecule has 0 spiro atoms. The summed E-state index contributed by atoms with van der Waals surface area (Å²) in [4.78, 5) is 37.1. The Morgan fingerprint density at radius 3 is 2.55 bits per heavy atom. The second-order valence-electron chi connectivity index (χ2n) is 4.61. The summed E-state index contributed by atoms with van der Waals surface area (Å²) in [5, 5.41) is 2.69. The second-order valence-corrected chi connectivity index (χ2v) is 4.61. The molecule has 1 heterocycles. The van der Waals surface area contributed by atoms with Crippen LogP contribution in [0.2, 0.25) is 0 Å². The van der Waals surface area contributed by atoms with Crippen molar-refractivity contribution in [3.63, 3.8) is 0 Å². The lowest BCUT2D eigenvalue weighted by Gasteiger charge is -2.05. The van der Waals surface area contributed by atoms with Gasteiger partial charge in [0.2, 0.25) is 0 Å². The van der Waals surface area contributed by atoms with Crippen LogP contribution in [-0.2, 0) is 11.2 Å². The third-order valence-electron chi connectivity index (χ3n) is 3.14. The first-order chi connectivity index (χ1) is 10.6. The molecule has 114 valence electrons. The largest absolute Gasteiger partial charge is 0.465 e. The predicted octanol–water partition coefficient (Wildman–Crippen LogP) is 1.13. The van der Waals surface area contributed by atoms with E-state index in [9.17, 15) is 14.4 Å². The maximum absolute atomic E-state index is 11.8. The van der Waals surface area contributed by atoms with Crippen molar-refractivity contribution in [2.24, 2.45) is 0 Å². The Morgan fingerprint density at radius 2 is 1.91 bits per heavy atom. The average Bonchev–Trinajstić information content (AvgIpc) is 2.55. The van der Waals surface area contributed by atoms with Crippen LogP contribution in [0, 0.1) is 0 Å². The van der Waals surface area contributed by atoms with E-state index in [1.54, 1.807) is 30.3 Å². The number of aromatic nitrogens is 1. The number of pyridine rings is 1. The molecule has 0 aliphatic heterocycles. The quantitative estimate of drug-likeness (QED) is 0.810. The molecule has 6 nitrogen and oxygen atoms in total. The third kappa shape index (κ3) is 3.82. The van der Waals surface area contributed by atoms with E-state index in [1.807, 2.05) is 0 Å². The number of H-pyrrole nitrogens is 1. The highest BCUT2D eigenvalue weighted by Crippen LogP contribution is 2.06. The van der Waals surface area contributed by atoms with E-state index in [1.165, 1.54) is 19.4 Å². The van der Waals surface area contributed by atoms with Gasteiger partial charge in [0.1, 0.15) is 5.56 Å². The highest BCUT2D eigenvalue weighted by atomic mass is 16.5. The number of ether oxygens (including phenoxy) is 1. The molecule has 0 aliphatic rings. The molecular formula is C16H16N2O4. The van der Waals surface area contributed by atoms with Crippen LogP contribution in [0.3, 0.4) is 0 Å². The molecule has 1 aromatic carbocycles. The topological polar surface area (TPSA) is 88.3 Å². The fraction of sp³-hybridized carbons (Fsp3) is 0.188. The molecule has 6 heteroatoms. The zero-order valence-electron chi connectivity index (χ0n) is 12.1. The average molecular weight is 300 g/mol. The van der Waals surface area contributed by atoms with Gasteiger partial charge in [-0.25, -0.2) is 4.79 Å². The Bertz CT molecular complexity index is 719. The molecule has 1 aromatic heterocycles. The van der Waals surface area contributed by atoms with Gasteiger partial charge >= 0.3 is 5.97 Å². The molecule has 1 amide bonds. The van der Waals surface area contributed by atoms with Gasteiger partial charge in [0.15, 0.2) is 0 Å². The lowest BCUT2D eigenvalue weighted by Crippen LogP contribution is -2.30. The minimum Gasteiger partial charge on any atom is -0.465 e. The van der Waals surface area contributed by atoms with Crippen LogP contribution in [0.25, 0.3) is 0 Å². The fourth-order valence-electron chi connectivity index (χ4n) is 1.94. The molecule has 0 saturated heterocycles. The van der Waals surface area contributed by atoms with Crippen molar-refractivity contribution in [3.8, 4) is 0 Å². The first-order valence-corrected chi connectivity index (χ1v) is 6.75. The number of carbonyl (C=O) groups is 2. The molecule has 2 aromatic rings. The molecule has 0 atom stereocenters. The number of nitrogens with one attached hydrogen (secondary N) is 2. The number of methoxy groups -OCH3 is 1. The summed E-state index contributed by atoms with van der Waals surface area (Å²) in [6, 6.07) is 10.0. The van der Waals surface area contributed by atoms with Crippen molar-refractivity contribution in [2.45, 2.75) is 6.42 Å². The van der Waals surface area contributed by atoms with Crippen LogP contribution in [0.1, 0.15) is 26.3 Å².